The van der Waals surface area contributed by atoms with Crippen molar-refractivity contribution >= 4 is 17.8 Å². The molecule has 0 spiro atoms. The van der Waals surface area contributed by atoms with Gasteiger partial charge in [0.25, 0.3) is 6.02 Å². The molecule has 0 aromatic heterocycles. The summed E-state index contributed by atoms with van der Waals surface area (Å²) in [7, 11) is 0. The number of benzene rings is 1. The highest BCUT2D eigenvalue weighted by atomic mass is 16.5. The third-order valence-corrected chi connectivity index (χ3v) is 3.70. The number of hydrogen-bond donors (Lipinski definition) is 3. The van der Waals surface area contributed by atoms with E-state index < -0.39 is 6.09 Å². The summed E-state index contributed by atoms with van der Waals surface area (Å²) in [6, 6.07) is 7.67. The van der Waals surface area contributed by atoms with Crippen LogP contribution in [0.15, 0.2) is 29.3 Å². The number of nitrogens with zero attached hydrogens (tertiary/aromatic N) is 1. The first-order valence-electron chi connectivity index (χ1n) is 7.68. The number of rotatable bonds is 4. The Bertz CT molecular complexity index is 506. The van der Waals surface area contributed by atoms with Crippen molar-refractivity contribution in [3.05, 3.63) is 29.8 Å². The molecule has 1 aromatic carbocycles. The Kier molecular flexibility index (Phi) is 6.06. The molecule has 1 aliphatic carbocycles. The molecule has 1 heterocycles. The fourth-order valence-corrected chi connectivity index (χ4v) is 2.05. The molecular weight excluding hydrogens is 282 g/mol. The molecule has 1 amide bonds. The molecule has 1 fully saturated rings. The van der Waals surface area contributed by atoms with Gasteiger partial charge in [0.2, 0.25) is 0 Å². The van der Waals surface area contributed by atoms with E-state index in [1.165, 1.54) is 25.7 Å². The average molecular weight is 305 g/mol. The van der Waals surface area contributed by atoms with Crippen LogP contribution in [0, 0.1) is 0 Å². The molecule has 0 radical (unpaired) electrons. The Morgan fingerprint density at radius 3 is 2.36 bits per heavy atom. The molecule has 120 valence electrons. The van der Waals surface area contributed by atoms with Crippen LogP contribution in [0.3, 0.4) is 0 Å². The standard InChI is InChI=1S/C12H15N3O3.C4H8/c13-11-14-10(7-18-11)6-3-8-1-4-9(5-2-8)15-12(16)17;1-2-4-3-1/h1-2,4-5,10,15H,3,6-7H2,(H2,13,14)(H,16,17);1-4H2/t10-;/m0./s1. The summed E-state index contributed by atoms with van der Waals surface area (Å²) in [6.45, 7) is 0.546. The summed E-state index contributed by atoms with van der Waals surface area (Å²) < 4.78 is 5.07. The topological polar surface area (TPSA) is 96.9 Å². The lowest BCUT2D eigenvalue weighted by molar-refractivity contribution is 0.209. The van der Waals surface area contributed by atoms with Gasteiger partial charge in [0.15, 0.2) is 0 Å². The van der Waals surface area contributed by atoms with Crippen molar-refractivity contribution in [2.75, 3.05) is 11.9 Å². The molecular formula is C16H23N3O3. The summed E-state index contributed by atoms with van der Waals surface area (Å²) in [5.74, 6) is 0. The van der Waals surface area contributed by atoms with Crippen molar-refractivity contribution in [1.29, 1.82) is 0 Å². The van der Waals surface area contributed by atoms with E-state index in [4.69, 9.17) is 15.6 Å². The second-order valence-electron chi connectivity index (χ2n) is 5.51. The number of carboxylic acid groups (broad SMARTS) is 1. The largest absolute Gasteiger partial charge is 0.465 e. The molecule has 1 atom stereocenters. The zero-order chi connectivity index (χ0) is 15.8. The van der Waals surface area contributed by atoms with E-state index in [0.29, 0.717) is 12.3 Å². The van der Waals surface area contributed by atoms with Crippen LogP contribution in [0.5, 0.6) is 0 Å². The van der Waals surface area contributed by atoms with Gasteiger partial charge in [-0.05, 0) is 30.5 Å². The zero-order valence-corrected chi connectivity index (χ0v) is 12.6. The first kappa shape index (κ1) is 16.1. The molecule has 0 unspecified atom stereocenters. The molecule has 3 rings (SSSR count). The van der Waals surface area contributed by atoms with Crippen molar-refractivity contribution in [3.8, 4) is 0 Å². The normalized spacial score (nSPS) is 19.1. The van der Waals surface area contributed by atoms with Crippen LogP contribution in [0.2, 0.25) is 0 Å². The van der Waals surface area contributed by atoms with E-state index >= 15 is 0 Å². The van der Waals surface area contributed by atoms with Crippen LogP contribution in [-0.2, 0) is 11.2 Å². The lowest BCUT2D eigenvalue weighted by Crippen LogP contribution is -2.10. The molecule has 0 bridgehead atoms. The summed E-state index contributed by atoms with van der Waals surface area (Å²) in [4.78, 5) is 14.6. The number of amidine groups is 1. The first-order chi connectivity index (χ1) is 10.6. The number of hydrogen-bond acceptors (Lipinski definition) is 4. The van der Waals surface area contributed by atoms with Gasteiger partial charge < -0.3 is 15.6 Å². The monoisotopic (exact) mass is 305 g/mol. The quantitative estimate of drug-likeness (QED) is 0.796. The van der Waals surface area contributed by atoms with Gasteiger partial charge >= 0.3 is 6.09 Å². The predicted octanol–water partition coefficient (Wildman–Crippen LogP) is 2.98. The minimum atomic E-state index is -1.06. The van der Waals surface area contributed by atoms with Gasteiger partial charge in [-0.15, -0.1) is 0 Å². The maximum absolute atomic E-state index is 10.4. The Hall–Kier alpha value is -2.24. The van der Waals surface area contributed by atoms with Crippen LogP contribution < -0.4 is 11.1 Å². The molecule has 6 heteroatoms. The second-order valence-corrected chi connectivity index (χ2v) is 5.51. The number of nitrogens with one attached hydrogen (secondary N) is 1. The Morgan fingerprint density at radius 2 is 1.91 bits per heavy atom. The molecule has 2 aliphatic rings. The highest BCUT2D eigenvalue weighted by Crippen LogP contribution is 2.15. The van der Waals surface area contributed by atoms with E-state index in [-0.39, 0.29) is 12.1 Å². The number of amides is 1. The van der Waals surface area contributed by atoms with Crippen molar-refractivity contribution in [2.45, 2.75) is 44.6 Å². The van der Waals surface area contributed by atoms with E-state index in [0.717, 1.165) is 18.4 Å². The first-order valence-corrected chi connectivity index (χ1v) is 7.68. The van der Waals surface area contributed by atoms with Crippen LogP contribution in [0.25, 0.3) is 0 Å². The summed E-state index contributed by atoms with van der Waals surface area (Å²) >= 11 is 0. The summed E-state index contributed by atoms with van der Waals surface area (Å²) in [5.41, 5.74) is 7.12. The van der Waals surface area contributed by atoms with Gasteiger partial charge in [-0.25, -0.2) is 9.79 Å². The maximum Gasteiger partial charge on any atom is 0.409 e. The van der Waals surface area contributed by atoms with Crippen molar-refractivity contribution in [3.63, 3.8) is 0 Å². The smallest absolute Gasteiger partial charge is 0.409 e. The molecule has 1 aliphatic heterocycles. The van der Waals surface area contributed by atoms with Gasteiger partial charge in [0.05, 0.1) is 6.04 Å². The number of nitrogens with two attached hydrogens (primary N) is 1. The lowest BCUT2D eigenvalue weighted by Gasteiger charge is -2.06. The van der Waals surface area contributed by atoms with Crippen LogP contribution in [0.4, 0.5) is 10.5 Å². The van der Waals surface area contributed by atoms with Gasteiger partial charge in [0.1, 0.15) is 6.61 Å². The van der Waals surface area contributed by atoms with Gasteiger partial charge in [0, 0.05) is 5.69 Å². The molecule has 1 aromatic rings. The SMILES string of the molecule is C1CCC1.NC1=N[C@@H](CCc2ccc(NC(=O)O)cc2)CO1. The number of aryl methyl sites for hydroxylation is 1. The summed E-state index contributed by atoms with van der Waals surface area (Å²) in [6.07, 6.45) is 6.67. The Balaban J connectivity index is 0.000000381. The highest BCUT2D eigenvalue weighted by Gasteiger charge is 2.16. The van der Waals surface area contributed by atoms with E-state index in [1.807, 2.05) is 12.1 Å². The van der Waals surface area contributed by atoms with Crippen LogP contribution >= 0.6 is 0 Å². The third-order valence-electron chi connectivity index (χ3n) is 3.70. The Labute approximate surface area is 130 Å². The minimum Gasteiger partial charge on any atom is -0.465 e. The third kappa shape index (κ3) is 5.63. The van der Waals surface area contributed by atoms with E-state index in [2.05, 4.69) is 10.3 Å². The average Bonchev–Trinajstić information content (AvgIpc) is 2.81. The second kappa shape index (κ2) is 8.26. The number of ether oxygens (including phenoxy) is 1. The Morgan fingerprint density at radius 1 is 1.27 bits per heavy atom. The maximum atomic E-state index is 10.4. The lowest BCUT2D eigenvalue weighted by atomic mass is 10.0. The molecule has 22 heavy (non-hydrogen) atoms. The fraction of sp³-hybridized carbons (Fsp3) is 0.500. The van der Waals surface area contributed by atoms with Crippen molar-refractivity contribution in [1.82, 2.24) is 0 Å². The van der Waals surface area contributed by atoms with Crippen LogP contribution in [0.1, 0.15) is 37.7 Å². The van der Waals surface area contributed by atoms with Gasteiger partial charge in [-0.3, -0.25) is 5.32 Å². The summed E-state index contributed by atoms with van der Waals surface area (Å²) in [5, 5.41) is 10.8. The van der Waals surface area contributed by atoms with Crippen LogP contribution in [-0.4, -0.2) is 29.9 Å². The predicted molar refractivity (Wildman–Crippen MR) is 86.2 cm³/mol. The number of aliphatic imine (C=N–C) groups is 1. The molecule has 0 saturated heterocycles. The zero-order valence-electron chi connectivity index (χ0n) is 12.6. The molecule has 6 nitrogen and oxygen atoms in total. The van der Waals surface area contributed by atoms with E-state index in [9.17, 15) is 4.79 Å². The van der Waals surface area contributed by atoms with Crippen molar-refractivity contribution in [2.24, 2.45) is 10.7 Å². The fourth-order valence-electron chi connectivity index (χ4n) is 2.05. The number of anilines is 1. The van der Waals surface area contributed by atoms with Crippen molar-refractivity contribution < 1.29 is 14.6 Å². The van der Waals surface area contributed by atoms with E-state index in [1.54, 1.807) is 12.1 Å². The molecule has 4 N–H and O–H groups in total. The molecule has 1 saturated carbocycles. The van der Waals surface area contributed by atoms with Gasteiger partial charge in [-0.2, -0.15) is 0 Å². The number of carbonyl (C=O) groups is 1. The van der Waals surface area contributed by atoms with Gasteiger partial charge in [-0.1, -0.05) is 37.8 Å². The highest BCUT2D eigenvalue weighted by molar-refractivity contribution is 5.82. The minimum absolute atomic E-state index is 0.127.